The summed E-state index contributed by atoms with van der Waals surface area (Å²) in [5.41, 5.74) is 0. The Hall–Kier alpha value is -0.120. The second kappa shape index (κ2) is 19.2. The third-order valence-corrected chi connectivity index (χ3v) is 4.88. The van der Waals surface area contributed by atoms with Crippen molar-refractivity contribution in [2.75, 3.05) is 13.2 Å². The van der Waals surface area contributed by atoms with E-state index >= 15 is 0 Å². The van der Waals surface area contributed by atoms with E-state index in [1.54, 1.807) is 0 Å². The van der Waals surface area contributed by atoms with Gasteiger partial charge in [0.2, 0.25) is 0 Å². The van der Waals surface area contributed by atoms with Crippen molar-refractivity contribution < 1.29 is 14.9 Å². The summed E-state index contributed by atoms with van der Waals surface area (Å²) in [6.45, 7) is 4.20. The molecule has 0 bridgehead atoms. The summed E-state index contributed by atoms with van der Waals surface area (Å²) in [6.07, 6.45) is 19.6. The van der Waals surface area contributed by atoms with E-state index in [-0.39, 0.29) is 19.3 Å². The molecular weight excluding hydrogens is 300 g/mol. The molecule has 1 atom stereocenters. The van der Waals surface area contributed by atoms with Gasteiger partial charge in [0.15, 0.2) is 0 Å². The molecule has 0 aromatic carbocycles. The number of ether oxygens (including phenoxy) is 1. The minimum atomic E-state index is -0.406. The first-order chi connectivity index (χ1) is 11.8. The number of unbranched alkanes of at least 4 members (excludes halogenated alkanes) is 12. The van der Waals surface area contributed by atoms with Crippen molar-refractivity contribution in [1.82, 2.24) is 0 Å². The molecule has 3 heteroatoms. The molecular formula is C21H44O3. The molecule has 0 aliphatic heterocycles. The molecule has 0 fully saturated rings. The Labute approximate surface area is 151 Å². The monoisotopic (exact) mass is 344 g/mol. The first kappa shape index (κ1) is 23.9. The third kappa shape index (κ3) is 15.4. The van der Waals surface area contributed by atoms with Crippen molar-refractivity contribution in [2.24, 2.45) is 0 Å². The van der Waals surface area contributed by atoms with Gasteiger partial charge in [0.05, 0.1) is 19.3 Å². The first-order valence-corrected chi connectivity index (χ1v) is 10.7. The van der Waals surface area contributed by atoms with Crippen LogP contribution in [0.5, 0.6) is 0 Å². The summed E-state index contributed by atoms with van der Waals surface area (Å²) < 4.78 is 5.71. The van der Waals surface area contributed by atoms with E-state index in [2.05, 4.69) is 13.8 Å². The summed E-state index contributed by atoms with van der Waals surface area (Å²) in [5, 5.41) is 18.1. The van der Waals surface area contributed by atoms with E-state index in [4.69, 9.17) is 14.9 Å². The fraction of sp³-hybridized carbons (Fsp3) is 1.00. The van der Waals surface area contributed by atoms with Crippen molar-refractivity contribution in [1.29, 1.82) is 0 Å². The Morgan fingerprint density at radius 3 is 1.38 bits per heavy atom. The fourth-order valence-corrected chi connectivity index (χ4v) is 3.17. The van der Waals surface area contributed by atoms with Crippen LogP contribution in [0.4, 0.5) is 0 Å². The van der Waals surface area contributed by atoms with Gasteiger partial charge in [0.25, 0.3) is 0 Å². The topological polar surface area (TPSA) is 49.7 Å². The van der Waals surface area contributed by atoms with Crippen molar-refractivity contribution in [3.63, 3.8) is 0 Å². The van der Waals surface area contributed by atoms with Gasteiger partial charge in [0, 0.05) is 0 Å². The molecule has 2 N–H and O–H groups in total. The zero-order valence-corrected chi connectivity index (χ0v) is 16.5. The fourth-order valence-electron chi connectivity index (χ4n) is 3.17. The summed E-state index contributed by atoms with van der Waals surface area (Å²) in [7, 11) is 0. The number of hydrogen-bond donors (Lipinski definition) is 2. The number of rotatable bonds is 19. The van der Waals surface area contributed by atoms with Gasteiger partial charge in [-0.25, -0.2) is 0 Å². The molecule has 24 heavy (non-hydrogen) atoms. The van der Waals surface area contributed by atoms with Crippen molar-refractivity contribution >= 4 is 0 Å². The van der Waals surface area contributed by atoms with Crippen molar-refractivity contribution in [2.45, 2.75) is 122 Å². The molecule has 0 spiro atoms. The lowest BCUT2D eigenvalue weighted by molar-refractivity contribution is -0.0672. The van der Waals surface area contributed by atoms with E-state index in [1.165, 1.54) is 83.5 Å². The Kier molecular flexibility index (Phi) is 19.1. The van der Waals surface area contributed by atoms with Crippen LogP contribution in [0.1, 0.15) is 110 Å². The second-order valence-corrected chi connectivity index (χ2v) is 7.18. The van der Waals surface area contributed by atoms with Crippen LogP contribution in [-0.4, -0.2) is 35.6 Å². The van der Waals surface area contributed by atoms with Crippen LogP contribution in [0.2, 0.25) is 0 Å². The smallest absolute Gasteiger partial charge is 0.104 e. The van der Waals surface area contributed by atoms with Gasteiger partial charge in [-0.3, -0.25) is 0 Å². The Morgan fingerprint density at radius 2 is 1.00 bits per heavy atom. The van der Waals surface area contributed by atoms with Gasteiger partial charge in [-0.15, -0.1) is 0 Å². The third-order valence-electron chi connectivity index (χ3n) is 4.88. The number of aliphatic hydroxyl groups is 2. The molecule has 3 nitrogen and oxygen atoms in total. The standard InChI is InChI=1S/C21H44O3/c1-3-5-6-7-8-9-10-11-12-13-14-15-16-17-20(4-2)24-21(18-22)19-23/h20-23H,3-19H2,1-2H3. The van der Waals surface area contributed by atoms with Gasteiger partial charge in [-0.1, -0.05) is 97.3 Å². The van der Waals surface area contributed by atoms with E-state index in [9.17, 15) is 0 Å². The Balaban J connectivity index is 3.31. The summed E-state index contributed by atoms with van der Waals surface area (Å²) >= 11 is 0. The van der Waals surface area contributed by atoms with Gasteiger partial charge in [0.1, 0.15) is 6.10 Å². The van der Waals surface area contributed by atoms with E-state index < -0.39 is 6.10 Å². The maximum absolute atomic E-state index is 9.07. The number of aliphatic hydroxyl groups excluding tert-OH is 2. The van der Waals surface area contributed by atoms with Crippen LogP contribution in [0.25, 0.3) is 0 Å². The van der Waals surface area contributed by atoms with E-state index in [0.29, 0.717) is 0 Å². The predicted molar refractivity (Wildman–Crippen MR) is 103 cm³/mol. The molecule has 0 aromatic rings. The van der Waals surface area contributed by atoms with Crippen LogP contribution in [-0.2, 0) is 4.74 Å². The largest absolute Gasteiger partial charge is 0.394 e. The maximum Gasteiger partial charge on any atom is 0.104 e. The SMILES string of the molecule is CCCCCCCCCCCCCCCC(CC)OC(CO)CO. The van der Waals surface area contributed by atoms with Crippen molar-refractivity contribution in [3.05, 3.63) is 0 Å². The predicted octanol–water partition coefficient (Wildman–Crippen LogP) is 5.62. The quantitative estimate of drug-likeness (QED) is 0.299. The normalized spacial score (nSPS) is 12.9. The molecule has 0 aromatic heterocycles. The van der Waals surface area contributed by atoms with Crippen LogP contribution >= 0.6 is 0 Å². The first-order valence-electron chi connectivity index (χ1n) is 10.7. The van der Waals surface area contributed by atoms with Gasteiger partial charge < -0.3 is 14.9 Å². The molecule has 0 aliphatic carbocycles. The van der Waals surface area contributed by atoms with Crippen LogP contribution in [0.15, 0.2) is 0 Å². The lowest BCUT2D eigenvalue weighted by atomic mass is 10.0. The van der Waals surface area contributed by atoms with Crippen LogP contribution in [0.3, 0.4) is 0 Å². The highest BCUT2D eigenvalue weighted by Crippen LogP contribution is 2.15. The highest BCUT2D eigenvalue weighted by atomic mass is 16.5. The summed E-state index contributed by atoms with van der Waals surface area (Å²) in [5.74, 6) is 0. The van der Waals surface area contributed by atoms with E-state index in [0.717, 1.165) is 12.8 Å². The average Bonchev–Trinajstić information content (AvgIpc) is 2.61. The second-order valence-electron chi connectivity index (χ2n) is 7.18. The van der Waals surface area contributed by atoms with Crippen molar-refractivity contribution in [3.8, 4) is 0 Å². The average molecular weight is 345 g/mol. The molecule has 1 unspecified atom stereocenters. The summed E-state index contributed by atoms with van der Waals surface area (Å²) in [4.78, 5) is 0. The molecule has 0 saturated heterocycles. The lowest BCUT2D eigenvalue weighted by Crippen LogP contribution is -2.28. The highest BCUT2D eigenvalue weighted by molar-refractivity contribution is 4.61. The minimum absolute atomic E-state index is 0.0917. The zero-order valence-electron chi connectivity index (χ0n) is 16.5. The zero-order chi connectivity index (χ0) is 17.9. The minimum Gasteiger partial charge on any atom is -0.394 e. The van der Waals surface area contributed by atoms with Gasteiger partial charge in [-0.2, -0.15) is 0 Å². The molecule has 0 rings (SSSR count). The molecule has 0 saturated carbocycles. The summed E-state index contributed by atoms with van der Waals surface area (Å²) in [6, 6.07) is 0. The lowest BCUT2D eigenvalue weighted by Gasteiger charge is -2.21. The van der Waals surface area contributed by atoms with Crippen LogP contribution in [0, 0.1) is 0 Å². The highest BCUT2D eigenvalue weighted by Gasteiger charge is 2.13. The van der Waals surface area contributed by atoms with Gasteiger partial charge >= 0.3 is 0 Å². The number of hydrogen-bond acceptors (Lipinski definition) is 3. The molecule has 0 amide bonds. The molecule has 146 valence electrons. The molecule has 0 radical (unpaired) electrons. The van der Waals surface area contributed by atoms with Gasteiger partial charge in [-0.05, 0) is 12.8 Å². The maximum atomic E-state index is 9.07. The molecule has 0 aliphatic rings. The van der Waals surface area contributed by atoms with Crippen LogP contribution < -0.4 is 0 Å². The molecule has 0 heterocycles. The Bertz CT molecular complexity index is 229. The Morgan fingerprint density at radius 1 is 0.583 bits per heavy atom. The van der Waals surface area contributed by atoms with E-state index in [1.807, 2.05) is 0 Å².